The van der Waals surface area contributed by atoms with Crippen LogP contribution in [0.25, 0.3) is 0 Å². The van der Waals surface area contributed by atoms with Crippen LogP contribution in [0, 0.1) is 6.92 Å². The molecule has 0 aliphatic rings. The molecule has 1 aromatic carbocycles. The largest absolute Gasteiger partial charge is 0.476 e. The lowest BCUT2D eigenvalue weighted by Gasteiger charge is -2.05. The van der Waals surface area contributed by atoms with E-state index in [2.05, 4.69) is 25.8 Å². The molecule has 2 heterocycles. The lowest BCUT2D eigenvalue weighted by Crippen LogP contribution is -2.14. The van der Waals surface area contributed by atoms with E-state index in [1.807, 2.05) is 0 Å². The highest BCUT2D eigenvalue weighted by atomic mass is 35.5. The van der Waals surface area contributed by atoms with Gasteiger partial charge in [0.25, 0.3) is 5.91 Å². The highest BCUT2D eigenvalue weighted by molar-refractivity contribution is 7.17. The Morgan fingerprint density at radius 1 is 1.23 bits per heavy atom. The van der Waals surface area contributed by atoms with Crippen LogP contribution >= 0.6 is 34.5 Å². The quantitative estimate of drug-likeness (QED) is 0.659. The molecule has 134 valence electrons. The summed E-state index contributed by atoms with van der Waals surface area (Å²) in [6.45, 7) is 2.04. The second-order valence-corrected chi connectivity index (χ2v) is 6.89. The van der Waals surface area contributed by atoms with Gasteiger partial charge in [-0.3, -0.25) is 10.1 Å². The molecule has 2 N–H and O–H groups in total. The summed E-state index contributed by atoms with van der Waals surface area (Å²) in [6, 6.07) is 5.18. The molecule has 0 unspecified atom stereocenters. The fourth-order valence-corrected chi connectivity index (χ4v) is 2.95. The van der Waals surface area contributed by atoms with Crippen molar-refractivity contribution in [1.29, 1.82) is 0 Å². The van der Waals surface area contributed by atoms with E-state index in [0.29, 0.717) is 22.3 Å². The molecule has 0 spiro atoms. The number of anilines is 1. The Balaban J connectivity index is 1.75. The van der Waals surface area contributed by atoms with Crippen molar-refractivity contribution in [3.05, 3.63) is 50.2 Å². The fraction of sp³-hybridized carbons (Fsp3) is 0.143. The summed E-state index contributed by atoms with van der Waals surface area (Å²) >= 11 is 12.6. The second-order valence-electron chi connectivity index (χ2n) is 5.10. The Bertz CT molecular complexity index is 1000. The number of halogens is 2. The molecule has 0 bridgehead atoms. The predicted octanol–water partition coefficient (Wildman–Crippen LogP) is 2.74. The number of amides is 1. The van der Waals surface area contributed by atoms with Crippen molar-refractivity contribution in [2.24, 2.45) is 0 Å². The van der Waals surface area contributed by atoms with Gasteiger partial charge in [0, 0.05) is 0 Å². The van der Waals surface area contributed by atoms with Gasteiger partial charge in [-0.1, -0.05) is 45.8 Å². The van der Waals surface area contributed by atoms with Gasteiger partial charge in [0.15, 0.2) is 5.69 Å². The second kappa shape index (κ2) is 7.36. The van der Waals surface area contributed by atoms with E-state index in [1.165, 1.54) is 4.68 Å². The maximum Gasteiger partial charge on any atom is 0.367 e. The highest BCUT2D eigenvalue weighted by Gasteiger charge is 2.19. The summed E-state index contributed by atoms with van der Waals surface area (Å²) in [4.78, 5) is 23.1. The molecular formula is C14H10Cl2N6O3S. The molecule has 0 atom stereocenters. The molecule has 0 radical (unpaired) electrons. The van der Waals surface area contributed by atoms with Gasteiger partial charge < -0.3 is 5.11 Å². The van der Waals surface area contributed by atoms with E-state index in [1.54, 1.807) is 25.1 Å². The Kier molecular flexibility index (Phi) is 5.16. The predicted molar refractivity (Wildman–Crippen MR) is 95.1 cm³/mol. The number of hydrogen-bond acceptors (Lipinski definition) is 7. The molecule has 0 fully saturated rings. The third-order valence-electron chi connectivity index (χ3n) is 3.34. The van der Waals surface area contributed by atoms with Gasteiger partial charge in [0.2, 0.25) is 10.1 Å². The number of nitrogens with zero attached hydrogens (tertiary/aromatic N) is 5. The highest BCUT2D eigenvalue weighted by Crippen LogP contribution is 2.23. The van der Waals surface area contributed by atoms with Crippen LogP contribution in [-0.4, -0.2) is 42.2 Å². The number of carbonyl (C=O) groups excluding carboxylic acids is 1. The molecule has 12 heteroatoms. The molecule has 0 aliphatic heterocycles. The van der Waals surface area contributed by atoms with Gasteiger partial charge in [0.05, 0.1) is 22.3 Å². The summed E-state index contributed by atoms with van der Waals surface area (Å²) in [7, 11) is 0. The SMILES string of the molecule is Cc1c(C(=O)Nc2nnc(C(=O)O)s2)nnn1Cc1ccc(Cl)c(Cl)c1. The average molecular weight is 413 g/mol. The number of aromatic nitrogens is 5. The van der Waals surface area contributed by atoms with Gasteiger partial charge in [0.1, 0.15) is 0 Å². The maximum atomic E-state index is 12.3. The fourth-order valence-electron chi connectivity index (χ4n) is 2.05. The maximum absolute atomic E-state index is 12.3. The number of benzene rings is 1. The van der Waals surface area contributed by atoms with Crippen molar-refractivity contribution in [3.63, 3.8) is 0 Å². The normalized spacial score (nSPS) is 10.7. The van der Waals surface area contributed by atoms with Crippen LogP contribution in [-0.2, 0) is 6.54 Å². The van der Waals surface area contributed by atoms with Crippen LogP contribution in [0.4, 0.5) is 5.13 Å². The molecular weight excluding hydrogens is 403 g/mol. The topological polar surface area (TPSA) is 123 Å². The third-order valence-corrected chi connectivity index (χ3v) is 4.91. The Hall–Kier alpha value is -2.56. The van der Waals surface area contributed by atoms with E-state index in [9.17, 15) is 9.59 Å². The number of carboxylic acids is 1. The number of nitrogens with one attached hydrogen (secondary N) is 1. The first-order valence-corrected chi connectivity index (χ1v) is 8.64. The average Bonchev–Trinajstić information content (AvgIpc) is 3.19. The molecule has 0 aliphatic carbocycles. The summed E-state index contributed by atoms with van der Waals surface area (Å²) in [5.41, 5.74) is 1.46. The molecule has 1 amide bonds. The number of rotatable bonds is 5. The molecule has 0 saturated carbocycles. The molecule has 3 rings (SSSR count). The third kappa shape index (κ3) is 3.82. The van der Waals surface area contributed by atoms with E-state index in [-0.39, 0.29) is 15.8 Å². The van der Waals surface area contributed by atoms with E-state index in [0.717, 1.165) is 16.9 Å². The van der Waals surface area contributed by atoms with Gasteiger partial charge in [-0.2, -0.15) is 0 Å². The van der Waals surface area contributed by atoms with E-state index >= 15 is 0 Å². The standard InChI is InChI=1S/C14H10Cl2N6O3S/c1-6-10(11(23)17-14-20-19-12(26-14)13(24)25)18-21-22(6)5-7-2-3-8(15)9(16)4-7/h2-4H,5H2,1H3,(H,24,25)(H,17,20,23). The first-order chi connectivity index (χ1) is 12.3. The van der Waals surface area contributed by atoms with E-state index in [4.69, 9.17) is 28.3 Å². The van der Waals surface area contributed by atoms with Crippen molar-refractivity contribution >= 4 is 51.5 Å². The van der Waals surface area contributed by atoms with Crippen LogP contribution in [0.2, 0.25) is 10.0 Å². The number of aromatic carboxylic acids is 1. The Morgan fingerprint density at radius 3 is 2.65 bits per heavy atom. The monoisotopic (exact) mass is 412 g/mol. The zero-order valence-corrected chi connectivity index (χ0v) is 15.4. The first kappa shape index (κ1) is 18.2. The lowest BCUT2D eigenvalue weighted by atomic mass is 10.2. The zero-order chi connectivity index (χ0) is 18.8. The van der Waals surface area contributed by atoms with Crippen molar-refractivity contribution in [2.45, 2.75) is 13.5 Å². The van der Waals surface area contributed by atoms with Gasteiger partial charge >= 0.3 is 5.97 Å². The lowest BCUT2D eigenvalue weighted by molar-refractivity contribution is 0.0695. The Labute approximate surface area is 160 Å². The van der Waals surface area contributed by atoms with Crippen LogP contribution in [0.5, 0.6) is 0 Å². The van der Waals surface area contributed by atoms with E-state index < -0.39 is 11.9 Å². The number of carbonyl (C=O) groups is 2. The molecule has 26 heavy (non-hydrogen) atoms. The molecule has 3 aromatic rings. The van der Waals surface area contributed by atoms with Crippen molar-refractivity contribution in [1.82, 2.24) is 25.2 Å². The van der Waals surface area contributed by atoms with Crippen LogP contribution in [0.3, 0.4) is 0 Å². The Morgan fingerprint density at radius 2 is 2.00 bits per heavy atom. The summed E-state index contributed by atoms with van der Waals surface area (Å²) in [6.07, 6.45) is 0. The smallest absolute Gasteiger partial charge is 0.367 e. The van der Waals surface area contributed by atoms with Gasteiger partial charge in [-0.05, 0) is 24.6 Å². The van der Waals surface area contributed by atoms with Crippen molar-refractivity contribution < 1.29 is 14.7 Å². The minimum Gasteiger partial charge on any atom is -0.476 e. The molecule has 2 aromatic heterocycles. The summed E-state index contributed by atoms with van der Waals surface area (Å²) in [5.74, 6) is -1.78. The van der Waals surface area contributed by atoms with Crippen LogP contribution < -0.4 is 5.32 Å². The van der Waals surface area contributed by atoms with Crippen molar-refractivity contribution in [2.75, 3.05) is 5.32 Å². The summed E-state index contributed by atoms with van der Waals surface area (Å²) < 4.78 is 1.54. The number of hydrogen-bond donors (Lipinski definition) is 2. The zero-order valence-electron chi connectivity index (χ0n) is 13.1. The summed E-state index contributed by atoms with van der Waals surface area (Å²) in [5, 5.41) is 26.9. The van der Waals surface area contributed by atoms with Crippen molar-refractivity contribution in [3.8, 4) is 0 Å². The molecule has 9 nitrogen and oxygen atoms in total. The molecule has 0 saturated heterocycles. The van der Waals surface area contributed by atoms with Gasteiger partial charge in [-0.15, -0.1) is 15.3 Å². The minimum absolute atomic E-state index is 0.0610. The van der Waals surface area contributed by atoms with Crippen LogP contribution in [0.15, 0.2) is 18.2 Å². The number of carboxylic acid groups (broad SMARTS) is 1. The van der Waals surface area contributed by atoms with Gasteiger partial charge in [-0.25, -0.2) is 9.48 Å². The first-order valence-electron chi connectivity index (χ1n) is 7.07. The van der Waals surface area contributed by atoms with Crippen LogP contribution in [0.1, 0.15) is 31.5 Å². The minimum atomic E-state index is -1.22.